The standard InChI is InChI=1S/C25H29N5O4S3/c1-5-9-30-22(16-11-35-17-10-13(3)7-8-15(16)17)28-29-25(30)36-12-18(31)27-23-19(24(33)34-6-2)14(4)20(37-23)21(26)32/h5,11,13H,1,6-10,12H2,2-4H3,(H2,26,32)(H,27,31). The van der Waals surface area contributed by atoms with Crippen LogP contribution in [0, 0.1) is 12.8 Å². The van der Waals surface area contributed by atoms with Gasteiger partial charge in [0.2, 0.25) is 5.91 Å². The molecule has 3 aromatic rings. The Morgan fingerprint density at radius 3 is 2.86 bits per heavy atom. The van der Waals surface area contributed by atoms with Gasteiger partial charge in [-0.25, -0.2) is 4.79 Å². The number of ether oxygens (including phenoxy) is 1. The number of hydrogen-bond acceptors (Lipinski definition) is 9. The molecule has 3 heterocycles. The highest BCUT2D eigenvalue weighted by Gasteiger charge is 2.27. The summed E-state index contributed by atoms with van der Waals surface area (Å²) in [7, 11) is 0. The third-order valence-corrected chi connectivity index (χ3v) is 9.35. The van der Waals surface area contributed by atoms with E-state index in [1.165, 1.54) is 22.2 Å². The van der Waals surface area contributed by atoms with Gasteiger partial charge in [-0.2, -0.15) is 0 Å². The van der Waals surface area contributed by atoms with Crippen molar-refractivity contribution in [3.8, 4) is 11.4 Å². The monoisotopic (exact) mass is 559 g/mol. The molecule has 0 saturated carbocycles. The number of esters is 1. The molecular weight excluding hydrogens is 531 g/mol. The largest absolute Gasteiger partial charge is 0.462 e. The molecule has 3 aromatic heterocycles. The number of carbonyl (C=O) groups excluding carboxylic acids is 3. The first-order chi connectivity index (χ1) is 17.7. The zero-order chi connectivity index (χ0) is 26.7. The SMILES string of the molecule is C=CCn1c(SCC(=O)Nc2sc(C(N)=O)c(C)c2C(=O)OCC)nnc1-c1csc2c1CCC(C)C2. The number of thioether (sulfide) groups is 1. The van der Waals surface area contributed by atoms with Crippen LogP contribution in [-0.4, -0.2) is 44.9 Å². The van der Waals surface area contributed by atoms with Gasteiger partial charge >= 0.3 is 5.97 Å². The minimum atomic E-state index is -0.668. The maximum atomic E-state index is 12.9. The number of amides is 2. The normalized spacial score (nSPS) is 14.7. The molecule has 0 saturated heterocycles. The summed E-state index contributed by atoms with van der Waals surface area (Å²) in [6, 6.07) is 0. The lowest BCUT2D eigenvalue weighted by Crippen LogP contribution is -2.17. The van der Waals surface area contributed by atoms with Crippen LogP contribution in [0.2, 0.25) is 0 Å². The van der Waals surface area contributed by atoms with Crippen LogP contribution in [0.25, 0.3) is 11.4 Å². The molecule has 9 nitrogen and oxygen atoms in total. The predicted molar refractivity (Wildman–Crippen MR) is 148 cm³/mol. The second-order valence-electron chi connectivity index (χ2n) is 8.79. The Balaban J connectivity index is 1.53. The van der Waals surface area contributed by atoms with Gasteiger partial charge in [-0.15, -0.1) is 39.4 Å². The third kappa shape index (κ3) is 5.65. The maximum Gasteiger partial charge on any atom is 0.341 e. The Labute approximate surface area is 227 Å². The van der Waals surface area contributed by atoms with Crippen LogP contribution in [0.15, 0.2) is 23.2 Å². The minimum Gasteiger partial charge on any atom is -0.462 e. The van der Waals surface area contributed by atoms with Crippen molar-refractivity contribution in [3.05, 3.63) is 44.5 Å². The first-order valence-corrected chi connectivity index (χ1v) is 14.6. The number of rotatable bonds is 10. The summed E-state index contributed by atoms with van der Waals surface area (Å²) in [6.07, 6.45) is 5.05. The lowest BCUT2D eigenvalue weighted by Gasteiger charge is -2.19. The van der Waals surface area contributed by atoms with Crippen LogP contribution >= 0.6 is 34.4 Å². The topological polar surface area (TPSA) is 129 Å². The molecule has 196 valence electrons. The Morgan fingerprint density at radius 2 is 2.16 bits per heavy atom. The minimum absolute atomic E-state index is 0.0274. The van der Waals surface area contributed by atoms with E-state index in [0.29, 0.717) is 23.2 Å². The molecule has 1 aliphatic rings. The lowest BCUT2D eigenvalue weighted by molar-refractivity contribution is -0.113. The smallest absolute Gasteiger partial charge is 0.341 e. The van der Waals surface area contributed by atoms with Gasteiger partial charge < -0.3 is 15.8 Å². The highest BCUT2D eigenvalue weighted by atomic mass is 32.2. The number of hydrogen-bond donors (Lipinski definition) is 2. The molecule has 0 radical (unpaired) electrons. The molecule has 1 unspecified atom stereocenters. The summed E-state index contributed by atoms with van der Waals surface area (Å²) >= 11 is 3.98. The van der Waals surface area contributed by atoms with Crippen molar-refractivity contribution in [2.75, 3.05) is 17.7 Å². The number of nitrogens with one attached hydrogen (secondary N) is 1. The van der Waals surface area contributed by atoms with E-state index in [0.717, 1.165) is 42.0 Å². The van der Waals surface area contributed by atoms with Crippen molar-refractivity contribution in [2.24, 2.45) is 11.7 Å². The van der Waals surface area contributed by atoms with E-state index in [4.69, 9.17) is 10.5 Å². The Bertz CT molecular complexity index is 1360. The molecule has 2 amide bonds. The highest BCUT2D eigenvalue weighted by molar-refractivity contribution is 7.99. The van der Waals surface area contributed by atoms with Gasteiger partial charge in [0.05, 0.1) is 22.8 Å². The number of primary amides is 1. The number of nitrogens with zero attached hydrogens (tertiary/aromatic N) is 3. The summed E-state index contributed by atoms with van der Waals surface area (Å²) < 4.78 is 7.08. The van der Waals surface area contributed by atoms with Gasteiger partial charge in [0, 0.05) is 22.4 Å². The second-order valence-corrected chi connectivity index (χ2v) is 11.7. The van der Waals surface area contributed by atoms with Crippen molar-refractivity contribution in [1.82, 2.24) is 14.8 Å². The lowest BCUT2D eigenvalue weighted by atomic mass is 9.88. The summed E-state index contributed by atoms with van der Waals surface area (Å²) in [5.41, 5.74) is 8.44. The molecular formula is C25H29N5O4S3. The van der Waals surface area contributed by atoms with Crippen LogP contribution in [0.1, 0.15) is 56.3 Å². The van der Waals surface area contributed by atoms with Crippen LogP contribution in [0.5, 0.6) is 0 Å². The molecule has 37 heavy (non-hydrogen) atoms. The van der Waals surface area contributed by atoms with Crippen molar-refractivity contribution in [1.29, 1.82) is 0 Å². The number of fused-ring (bicyclic) bond motifs is 1. The molecule has 0 aromatic carbocycles. The van der Waals surface area contributed by atoms with Crippen molar-refractivity contribution in [2.45, 2.75) is 51.7 Å². The molecule has 0 fully saturated rings. The van der Waals surface area contributed by atoms with E-state index >= 15 is 0 Å². The summed E-state index contributed by atoms with van der Waals surface area (Å²) in [6.45, 7) is 10.1. The molecule has 0 bridgehead atoms. The van der Waals surface area contributed by atoms with E-state index in [2.05, 4.69) is 34.4 Å². The van der Waals surface area contributed by atoms with Gasteiger partial charge in [0.25, 0.3) is 5.91 Å². The summed E-state index contributed by atoms with van der Waals surface area (Å²) in [5, 5.41) is 14.6. The van der Waals surface area contributed by atoms with Crippen molar-refractivity contribution >= 4 is 57.2 Å². The first-order valence-electron chi connectivity index (χ1n) is 11.9. The van der Waals surface area contributed by atoms with E-state index < -0.39 is 11.9 Å². The van der Waals surface area contributed by atoms with Gasteiger partial charge in [-0.05, 0) is 50.2 Å². The van der Waals surface area contributed by atoms with E-state index in [9.17, 15) is 14.4 Å². The molecule has 12 heteroatoms. The van der Waals surface area contributed by atoms with E-state index in [1.54, 1.807) is 31.3 Å². The van der Waals surface area contributed by atoms with E-state index in [-0.39, 0.29) is 33.7 Å². The van der Waals surface area contributed by atoms with Crippen molar-refractivity contribution in [3.63, 3.8) is 0 Å². The van der Waals surface area contributed by atoms with Gasteiger partial charge in [0.1, 0.15) is 5.00 Å². The number of aromatic nitrogens is 3. The van der Waals surface area contributed by atoms with Gasteiger partial charge in [-0.3, -0.25) is 14.2 Å². The Hall–Kier alpha value is -2.96. The molecule has 0 spiro atoms. The average molecular weight is 560 g/mol. The zero-order valence-electron chi connectivity index (χ0n) is 21.0. The molecule has 3 N–H and O–H groups in total. The Morgan fingerprint density at radius 1 is 1.38 bits per heavy atom. The van der Waals surface area contributed by atoms with Crippen LogP contribution < -0.4 is 11.1 Å². The molecule has 0 aliphatic heterocycles. The Kier molecular flexibility index (Phi) is 8.50. The number of allylic oxidation sites excluding steroid dienone is 1. The first kappa shape index (κ1) is 27.1. The van der Waals surface area contributed by atoms with Crippen LogP contribution in [-0.2, 0) is 28.9 Å². The fourth-order valence-electron chi connectivity index (χ4n) is 4.33. The maximum absolute atomic E-state index is 12.9. The predicted octanol–water partition coefficient (Wildman–Crippen LogP) is 4.69. The second kappa shape index (κ2) is 11.6. The zero-order valence-corrected chi connectivity index (χ0v) is 23.4. The van der Waals surface area contributed by atoms with Gasteiger partial charge in [0.15, 0.2) is 11.0 Å². The highest BCUT2D eigenvalue weighted by Crippen LogP contribution is 2.38. The fourth-order valence-corrected chi connectivity index (χ4v) is 7.39. The number of thiophene rings is 2. The number of carbonyl (C=O) groups is 3. The molecule has 1 atom stereocenters. The third-order valence-electron chi connectivity index (χ3n) is 6.11. The summed E-state index contributed by atoms with van der Waals surface area (Å²) in [4.78, 5) is 38.8. The average Bonchev–Trinajstić information content (AvgIpc) is 3.53. The van der Waals surface area contributed by atoms with Crippen molar-refractivity contribution < 1.29 is 19.1 Å². The number of anilines is 1. The quantitative estimate of drug-likeness (QED) is 0.209. The van der Waals surface area contributed by atoms with Crippen LogP contribution in [0.4, 0.5) is 5.00 Å². The summed E-state index contributed by atoms with van der Waals surface area (Å²) in [5.74, 6) is -0.151. The molecule has 4 rings (SSSR count). The number of nitrogens with two attached hydrogens (primary N) is 1. The molecule has 1 aliphatic carbocycles. The van der Waals surface area contributed by atoms with Crippen LogP contribution in [0.3, 0.4) is 0 Å². The fraction of sp³-hybridized carbons (Fsp3) is 0.400. The van der Waals surface area contributed by atoms with E-state index in [1.807, 2.05) is 4.57 Å². The van der Waals surface area contributed by atoms with Gasteiger partial charge in [-0.1, -0.05) is 24.8 Å².